The first kappa shape index (κ1) is 11.8. The van der Waals surface area contributed by atoms with Crippen molar-refractivity contribution in [2.24, 2.45) is 0 Å². The molecule has 0 saturated carbocycles. The molecule has 0 aliphatic rings. The summed E-state index contributed by atoms with van der Waals surface area (Å²) in [5.74, 6) is 0.622. The minimum atomic E-state index is 0.544. The van der Waals surface area contributed by atoms with E-state index in [9.17, 15) is 0 Å². The van der Waals surface area contributed by atoms with Crippen LogP contribution in [0.4, 0.5) is 17.1 Å². The predicted molar refractivity (Wildman–Crippen MR) is 71.8 cm³/mol. The molecule has 0 aromatic heterocycles. The van der Waals surface area contributed by atoms with Gasteiger partial charge in [-0.15, -0.1) is 0 Å². The number of nitrogen functional groups attached to an aromatic ring is 1. The topological polar surface area (TPSA) is 71.1 Å². The molecule has 0 aliphatic carbocycles. The summed E-state index contributed by atoms with van der Waals surface area (Å²) in [4.78, 5) is 0. The summed E-state index contributed by atoms with van der Waals surface area (Å²) in [6.07, 6.45) is 0. The molecule has 0 spiro atoms. The van der Waals surface area contributed by atoms with Crippen LogP contribution in [0.15, 0.2) is 42.5 Å². The Labute approximate surface area is 106 Å². The van der Waals surface area contributed by atoms with Crippen molar-refractivity contribution in [3.8, 4) is 11.8 Å². The van der Waals surface area contributed by atoms with Crippen LogP contribution in [-0.2, 0) is 0 Å². The van der Waals surface area contributed by atoms with Gasteiger partial charge in [-0.2, -0.15) is 5.26 Å². The van der Waals surface area contributed by atoms with Gasteiger partial charge in [-0.25, -0.2) is 0 Å². The zero-order valence-electron chi connectivity index (χ0n) is 9.97. The Morgan fingerprint density at radius 3 is 2.72 bits per heavy atom. The molecule has 0 amide bonds. The smallest absolute Gasteiger partial charge is 0.143 e. The number of ether oxygens (including phenoxy) is 1. The fourth-order valence-corrected chi connectivity index (χ4v) is 1.65. The fourth-order valence-electron chi connectivity index (χ4n) is 1.65. The number of nitriles is 1. The van der Waals surface area contributed by atoms with Gasteiger partial charge in [-0.1, -0.05) is 12.1 Å². The SMILES string of the molecule is COc1cccc(Nc2cccc(C#N)c2)c1N. The monoisotopic (exact) mass is 239 g/mol. The first-order valence-corrected chi connectivity index (χ1v) is 5.44. The normalized spacial score (nSPS) is 9.56. The van der Waals surface area contributed by atoms with Crippen LogP contribution in [0.5, 0.6) is 5.75 Å². The second-order valence-corrected chi connectivity index (χ2v) is 3.74. The number of para-hydroxylation sites is 1. The molecule has 0 atom stereocenters. The van der Waals surface area contributed by atoms with E-state index in [-0.39, 0.29) is 0 Å². The molecule has 0 bridgehead atoms. The van der Waals surface area contributed by atoms with Gasteiger partial charge >= 0.3 is 0 Å². The maximum atomic E-state index is 8.84. The fraction of sp³-hybridized carbons (Fsp3) is 0.0714. The number of benzene rings is 2. The Balaban J connectivity index is 2.31. The molecule has 3 N–H and O–H groups in total. The molecule has 0 heterocycles. The van der Waals surface area contributed by atoms with E-state index in [1.807, 2.05) is 24.3 Å². The number of hydrogen-bond donors (Lipinski definition) is 2. The summed E-state index contributed by atoms with van der Waals surface area (Å²) in [6.45, 7) is 0. The minimum absolute atomic E-state index is 0.544. The summed E-state index contributed by atoms with van der Waals surface area (Å²) < 4.78 is 5.15. The maximum absolute atomic E-state index is 8.84. The molecule has 0 unspecified atom stereocenters. The minimum Gasteiger partial charge on any atom is -0.495 e. The summed E-state index contributed by atoms with van der Waals surface area (Å²) in [5, 5.41) is 12.0. The van der Waals surface area contributed by atoms with Gasteiger partial charge < -0.3 is 15.8 Å². The predicted octanol–water partition coefficient (Wildman–Crippen LogP) is 2.89. The molecule has 18 heavy (non-hydrogen) atoms. The van der Waals surface area contributed by atoms with E-state index in [0.717, 1.165) is 11.4 Å². The molecule has 0 aliphatic heterocycles. The van der Waals surface area contributed by atoms with Crippen molar-refractivity contribution in [1.29, 1.82) is 5.26 Å². The third kappa shape index (κ3) is 2.36. The lowest BCUT2D eigenvalue weighted by Crippen LogP contribution is -1.99. The van der Waals surface area contributed by atoms with Gasteiger partial charge in [0.05, 0.1) is 30.1 Å². The Morgan fingerprint density at radius 1 is 1.22 bits per heavy atom. The molecule has 0 fully saturated rings. The quantitative estimate of drug-likeness (QED) is 0.808. The lowest BCUT2D eigenvalue weighted by molar-refractivity contribution is 0.417. The first-order valence-electron chi connectivity index (χ1n) is 5.44. The van der Waals surface area contributed by atoms with Gasteiger partial charge in [-0.05, 0) is 30.3 Å². The molecule has 2 aromatic carbocycles. The number of hydrogen-bond acceptors (Lipinski definition) is 4. The second-order valence-electron chi connectivity index (χ2n) is 3.74. The van der Waals surface area contributed by atoms with Crippen LogP contribution in [-0.4, -0.2) is 7.11 Å². The number of rotatable bonds is 3. The van der Waals surface area contributed by atoms with Gasteiger partial charge in [-0.3, -0.25) is 0 Å². The molecular weight excluding hydrogens is 226 g/mol. The van der Waals surface area contributed by atoms with E-state index in [1.54, 1.807) is 25.3 Å². The van der Waals surface area contributed by atoms with Crippen molar-refractivity contribution in [3.63, 3.8) is 0 Å². The highest BCUT2D eigenvalue weighted by molar-refractivity contribution is 5.77. The van der Waals surface area contributed by atoms with Crippen LogP contribution in [0.25, 0.3) is 0 Å². The highest BCUT2D eigenvalue weighted by atomic mass is 16.5. The number of nitrogens with two attached hydrogens (primary N) is 1. The Bertz CT molecular complexity index is 602. The van der Waals surface area contributed by atoms with Gasteiger partial charge in [0.25, 0.3) is 0 Å². The van der Waals surface area contributed by atoms with E-state index in [1.165, 1.54) is 0 Å². The van der Waals surface area contributed by atoms with E-state index in [4.69, 9.17) is 15.7 Å². The van der Waals surface area contributed by atoms with Gasteiger partial charge in [0.15, 0.2) is 0 Å². The zero-order valence-corrected chi connectivity index (χ0v) is 9.97. The Kier molecular flexibility index (Phi) is 3.35. The number of nitrogens with one attached hydrogen (secondary N) is 1. The van der Waals surface area contributed by atoms with Gasteiger partial charge in [0.2, 0.25) is 0 Å². The summed E-state index contributed by atoms with van der Waals surface area (Å²) in [5.41, 5.74) is 8.67. The molecule has 0 radical (unpaired) electrons. The van der Waals surface area contributed by atoms with Crippen molar-refractivity contribution in [3.05, 3.63) is 48.0 Å². The second kappa shape index (κ2) is 5.11. The molecule has 2 rings (SSSR count). The molecule has 2 aromatic rings. The summed E-state index contributed by atoms with van der Waals surface area (Å²) >= 11 is 0. The molecule has 90 valence electrons. The maximum Gasteiger partial charge on any atom is 0.143 e. The summed E-state index contributed by atoms with van der Waals surface area (Å²) in [6, 6.07) is 14.8. The van der Waals surface area contributed by atoms with Crippen LogP contribution in [0.2, 0.25) is 0 Å². The van der Waals surface area contributed by atoms with Crippen LogP contribution in [0.1, 0.15) is 5.56 Å². The van der Waals surface area contributed by atoms with E-state index < -0.39 is 0 Å². The average Bonchev–Trinajstić information content (AvgIpc) is 2.41. The van der Waals surface area contributed by atoms with Gasteiger partial charge in [0.1, 0.15) is 5.75 Å². The number of anilines is 3. The number of methoxy groups -OCH3 is 1. The van der Waals surface area contributed by atoms with Gasteiger partial charge in [0, 0.05) is 5.69 Å². The van der Waals surface area contributed by atoms with Crippen molar-refractivity contribution in [2.75, 3.05) is 18.2 Å². The van der Waals surface area contributed by atoms with Crippen LogP contribution in [0, 0.1) is 11.3 Å². The van der Waals surface area contributed by atoms with Crippen molar-refractivity contribution in [2.45, 2.75) is 0 Å². The highest BCUT2D eigenvalue weighted by Gasteiger charge is 2.05. The third-order valence-corrected chi connectivity index (χ3v) is 2.56. The van der Waals surface area contributed by atoms with Crippen molar-refractivity contribution < 1.29 is 4.74 Å². The largest absolute Gasteiger partial charge is 0.495 e. The Morgan fingerprint density at radius 2 is 2.00 bits per heavy atom. The molecular formula is C14H13N3O. The first-order chi connectivity index (χ1) is 8.74. The van der Waals surface area contributed by atoms with E-state index in [2.05, 4.69) is 11.4 Å². The van der Waals surface area contributed by atoms with Crippen molar-refractivity contribution in [1.82, 2.24) is 0 Å². The Hall–Kier alpha value is -2.67. The van der Waals surface area contributed by atoms with Crippen molar-refractivity contribution >= 4 is 17.1 Å². The average molecular weight is 239 g/mol. The standard InChI is InChI=1S/C14H13N3O/c1-18-13-7-3-6-12(14(13)16)17-11-5-2-4-10(8-11)9-15/h2-8,17H,16H2,1H3. The number of nitrogens with zero attached hydrogens (tertiary/aromatic N) is 1. The molecule has 4 nitrogen and oxygen atoms in total. The van der Waals surface area contributed by atoms with Crippen LogP contribution >= 0.6 is 0 Å². The van der Waals surface area contributed by atoms with E-state index >= 15 is 0 Å². The third-order valence-electron chi connectivity index (χ3n) is 2.56. The lowest BCUT2D eigenvalue weighted by Gasteiger charge is -2.12. The molecule has 4 heteroatoms. The lowest BCUT2D eigenvalue weighted by atomic mass is 10.2. The zero-order chi connectivity index (χ0) is 13.0. The summed E-state index contributed by atoms with van der Waals surface area (Å²) in [7, 11) is 1.58. The van der Waals surface area contributed by atoms with Crippen LogP contribution < -0.4 is 15.8 Å². The van der Waals surface area contributed by atoms with Crippen LogP contribution in [0.3, 0.4) is 0 Å². The molecule has 0 saturated heterocycles. The highest BCUT2D eigenvalue weighted by Crippen LogP contribution is 2.31. The van der Waals surface area contributed by atoms with E-state index in [0.29, 0.717) is 17.0 Å².